The largest absolute Gasteiger partial charge is 0.349 e. The summed E-state index contributed by atoms with van der Waals surface area (Å²) in [5.41, 5.74) is 2.02. The molecular formula is C17H11Cl3N2O3. The number of oxime groups is 1. The monoisotopic (exact) mass is 396 g/mol. The fourth-order valence-electron chi connectivity index (χ4n) is 2.42. The average molecular weight is 398 g/mol. The maximum atomic E-state index is 12.7. The molecule has 0 atom stereocenters. The Morgan fingerprint density at radius 2 is 1.76 bits per heavy atom. The fraction of sp³-hybridized carbons (Fsp3) is 0.118. The third kappa shape index (κ3) is 3.79. The molecule has 128 valence electrons. The van der Waals surface area contributed by atoms with Gasteiger partial charge in [0.05, 0.1) is 12.2 Å². The van der Waals surface area contributed by atoms with E-state index in [4.69, 9.17) is 34.8 Å². The van der Waals surface area contributed by atoms with Crippen LogP contribution in [0.25, 0.3) is 0 Å². The van der Waals surface area contributed by atoms with E-state index in [2.05, 4.69) is 9.99 Å². The molecule has 1 aliphatic rings. The number of rotatable bonds is 4. The molecule has 3 rings (SSSR count). The van der Waals surface area contributed by atoms with Gasteiger partial charge >= 0.3 is 5.97 Å². The van der Waals surface area contributed by atoms with Crippen LogP contribution in [0, 0.1) is 0 Å². The van der Waals surface area contributed by atoms with E-state index in [1.165, 1.54) is 4.90 Å². The standard InChI is InChI=1S/C17H11Cl3N2O3/c18-8-15(23)25-21-16-13-7-12(20)5-6-14(13)22(17(16)24)9-10-1-3-11(19)4-2-10/h1-7H,8-9H2. The highest BCUT2D eigenvalue weighted by Crippen LogP contribution is 2.33. The van der Waals surface area contributed by atoms with Crippen molar-refractivity contribution in [2.24, 2.45) is 5.16 Å². The molecule has 0 bridgehead atoms. The van der Waals surface area contributed by atoms with Crippen LogP contribution in [-0.4, -0.2) is 23.5 Å². The molecular weight excluding hydrogens is 387 g/mol. The summed E-state index contributed by atoms with van der Waals surface area (Å²) in [4.78, 5) is 30.2. The minimum atomic E-state index is -0.748. The highest BCUT2D eigenvalue weighted by molar-refractivity contribution is 6.54. The molecule has 0 saturated carbocycles. The Balaban J connectivity index is 1.96. The van der Waals surface area contributed by atoms with Crippen LogP contribution in [0.2, 0.25) is 10.0 Å². The van der Waals surface area contributed by atoms with Gasteiger partial charge in [0, 0.05) is 15.6 Å². The summed E-state index contributed by atoms with van der Waals surface area (Å²) in [7, 11) is 0. The number of anilines is 1. The first-order chi connectivity index (χ1) is 12.0. The molecule has 0 radical (unpaired) electrons. The van der Waals surface area contributed by atoms with Crippen molar-refractivity contribution in [2.75, 3.05) is 10.8 Å². The van der Waals surface area contributed by atoms with Gasteiger partial charge in [0.25, 0.3) is 5.91 Å². The Labute approximate surface area is 158 Å². The van der Waals surface area contributed by atoms with Crippen molar-refractivity contribution in [2.45, 2.75) is 6.54 Å². The Morgan fingerprint density at radius 3 is 2.44 bits per heavy atom. The van der Waals surface area contributed by atoms with Gasteiger partial charge in [-0.2, -0.15) is 0 Å². The Hall–Kier alpha value is -2.08. The molecule has 5 nitrogen and oxygen atoms in total. The summed E-state index contributed by atoms with van der Waals surface area (Å²) in [5, 5.41) is 4.73. The molecule has 2 aromatic carbocycles. The van der Waals surface area contributed by atoms with E-state index in [9.17, 15) is 9.59 Å². The van der Waals surface area contributed by atoms with Crippen molar-refractivity contribution in [1.29, 1.82) is 0 Å². The number of alkyl halides is 1. The van der Waals surface area contributed by atoms with Gasteiger partial charge in [-0.15, -0.1) is 11.6 Å². The lowest BCUT2D eigenvalue weighted by atomic mass is 10.1. The molecule has 1 amide bonds. The lowest BCUT2D eigenvalue weighted by molar-refractivity contribution is -0.140. The Morgan fingerprint density at radius 1 is 1.08 bits per heavy atom. The van der Waals surface area contributed by atoms with E-state index in [1.54, 1.807) is 30.3 Å². The topological polar surface area (TPSA) is 59.0 Å². The van der Waals surface area contributed by atoms with Crippen molar-refractivity contribution < 1.29 is 14.4 Å². The molecule has 0 saturated heterocycles. The number of hydrogen-bond donors (Lipinski definition) is 0. The number of nitrogens with zero attached hydrogens (tertiary/aromatic N) is 2. The van der Waals surface area contributed by atoms with Gasteiger partial charge in [0.15, 0.2) is 5.71 Å². The van der Waals surface area contributed by atoms with Gasteiger partial charge < -0.3 is 9.74 Å². The summed E-state index contributed by atoms with van der Waals surface area (Å²) >= 11 is 17.3. The van der Waals surface area contributed by atoms with Gasteiger partial charge in [-0.3, -0.25) is 4.79 Å². The van der Waals surface area contributed by atoms with E-state index in [0.29, 0.717) is 27.8 Å². The van der Waals surface area contributed by atoms with Crippen LogP contribution < -0.4 is 4.90 Å². The molecule has 0 spiro atoms. The SMILES string of the molecule is O=C(CCl)ON=C1C(=O)N(Cc2ccc(Cl)cc2)c2ccc(Cl)cc21. The maximum Gasteiger partial charge on any atom is 0.349 e. The predicted octanol–water partition coefficient (Wildman–Crippen LogP) is 4.03. The van der Waals surface area contributed by atoms with Crippen molar-refractivity contribution in [3.05, 3.63) is 63.6 Å². The van der Waals surface area contributed by atoms with Crippen LogP contribution in [-0.2, 0) is 21.0 Å². The second-order valence-corrected chi connectivity index (χ2v) is 6.36. The normalized spacial score (nSPS) is 14.8. The second kappa shape index (κ2) is 7.44. The fourth-order valence-corrected chi connectivity index (χ4v) is 2.77. The van der Waals surface area contributed by atoms with Gasteiger partial charge in [-0.05, 0) is 35.9 Å². The molecule has 0 aromatic heterocycles. The van der Waals surface area contributed by atoms with E-state index in [-0.39, 0.29) is 11.6 Å². The first-order valence-corrected chi connectivity index (χ1v) is 8.48. The van der Waals surface area contributed by atoms with E-state index < -0.39 is 11.9 Å². The zero-order valence-electron chi connectivity index (χ0n) is 12.7. The number of fused-ring (bicyclic) bond motifs is 1. The van der Waals surface area contributed by atoms with E-state index in [1.807, 2.05) is 12.1 Å². The van der Waals surface area contributed by atoms with Crippen LogP contribution in [0.3, 0.4) is 0 Å². The smallest absolute Gasteiger partial charge is 0.316 e. The zero-order chi connectivity index (χ0) is 18.0. The van der Waals surface area contributed by atoms with Gasteiger partial charge in [-0.1, -0.05) is 40.5 Å². The number of carbonyl (C=O) groups is 2. The molecule has 0 aliphatic carbocycles. The maximum absolute atomic E-state index is 12.7. The van der Waals surface area contributed by atoms with Crippen molar-refractivity contribution in [1.82, 2.24) is 0 Å². The lowest BCUT2D eigenvalue weighted by Gasteiger charge is -2.17. The zero-order valence-corrected chi connectivity index (χ0v) is 15.0. The molecule has 0 N–H and O–H groups in total. The molecule has 1 heterocycles. The summed E-state index contributed by atoms with van der Waals surface area (Å²) in [6.45, 7) is 0.313. The van der Waals surface area contributed by atoms with Gasteiger partial charge in [0.1, 0.15) is 5.88 Å². The summed E-state index contributed by atoms with van der Waals surface area (Å²) in [6, 6.07) is 12.1. The summed E-state index contributed by atoms with van der Waals surface area (Å²) in [5.74, 6) is -1.50. The third-order valence-electron chi connectivity index (χ3n) is 3.55. The number of halogens is 3. The first-order valence-electron chi connectivity index (χ1n) is 7.19. The van der Waals surface area contributed by atoms with Crippen molar-refractivity contribution in [3.63, 3.8) is 0 Å². The minimum Gasteiger partial charge on any atom is -0.316 e. The minimum absolute atomic E-state index is 0.00456. The molecule has 0 unspecified atom stereocenters. The highest BCUT2D eigenvalue weighted by atomic mass is 35.5. The van der Waals surface area contributed by atoms with Gasteiger partial charge in [0.2, 0.25) is 0 Å². The second-order valence-electron chi connectivity index (χ2n) is 5.22. The molecule has 8 heteroatoms. The molecule has 2 aromatic rings. The van der Waals surface area contributed by atoms with E-state index in [0.717, 1.165) is 5.56 Å². The molecule has 1 aliphatic heterocycles. The van der Waals surface area contributed by atoms with Crippen LogP contribution in [0.4, 0.5) is 5.69 Å². The van der Waals surface area contributed by atoms with Crippen molar-refractivity contribution >= 4 is 58.1 Å². The highest BCUT2D eigenvalue weighted by Gasteiger charge is 2.35. The quantitative estimate of drug-likeness (QED) is 0.445. The summed E-state index contributed by atoms with van der Waals surface area (Å²) in [6.07, 6.45) is 0. The third-order valence-corrected chi connectivity index (χ3v) is 4.26. The van der Waals surface area contributed by atoms with Crippen LogP contribution in [0.15, 0.2) is 47.6 Å². The number of carbonyl (C=O) groups excluding carboxylic acids is 2. The lowest BCUT2D eigenvalue weighted by Crippen LogP contribution is -2.29. The van der Waals surface area contributed by atoms with Crippen LogP contribution >= 0.6 is 34.8 Å². The van der Waals surface area contributed by atoms with Crippen LogP contribution in [0.1, 0.15) is 11.1 Å². The van der Waals surface area contributed by atoms with Crippen molar-refractivity contribution in [3.8, 4) is 0 Å². The Bertz CT molecular complexity index is 866. The van der Waals surface area contributed by atoms with Crippen LogP contribution in [0.5, 0.6) is 0 Å². The number of hydrogen-bond acceptors (Lipinski definition) is 4. The first kappa shape index (κ1) is 17.7. The average Bonchev–Trinajstić information content (AvgIpc) is 2.85. The van der Waals surface area contributed by atoms with Gasteiger partial charge in [-0.25, -0.2) is 4.79 Å². The number of benzene rings is 2. The molecule has 0 fully saturated rings. The summed E-state index contributed by atoms with van der Waals surface area (Å²) < 4.78 is 0. The number of amides is 1. The predicted molar refractivity (Wildman–Crippen MR) is 97.4 cm³/mol. The Kier molecular flexibility index (Phi) is 5.27. The van der Waals surface area contributed by atoms with E-state index >= 15 is 0 Å². The molecule has 25 heavy (non-hydrogen) atoms.